The van der Waals surface area contributed by atoms with Gasteiger partial charge in [0.1, 0.15) is 5.00 Å². The van der Waals surface area contributed by atoms with E-state index in [4.69, 9.17) is 5.73 Å². The van der Waals surface area contributed by atoms with Crippen LogP contribution < -0.4 is 11.1 Å². The van der Waals surface area contributed by atoms with Gasteiger partial charge in [0.15, 0.2) is 0 Å². The molecule has 0 bridgehead atoms. The number of anilines is 1. The maximum Gasteiger partial charge on any atom is 0.251 e. The van der Waals surface area contributed by atoms with Crippen LogP contribution in [0, 0.1) is 0 Å². The maximum absolute atomic E-state index is 12.4. The molecule has 0 spiro atoms. The summed E-state index contributed by atoms with van der Waals surface area (Å²) in [5, 5.41) is 5.02. The third-order valence-electron chi connectivity index (χ3n) is 3.80. The highest BCUT2D eigenvalue weighted by Gasteiger charge is 2.20. The Hall–Kier alpha value is -1.83. The van der Waals surface area contributed by atoms with Crippen LogP contribution in [0.15, 0.2) is 40.6 Å². The molecule has 1 heterocycles. The number of amides is 2. The lowest BCUT2D eigenvalue weighted by atomic mass is 10.2. The second-order valence-electron chi connectivity index (χ2n) is 5.46. The number of nitrogens with two attached hydrogens (primary N) is 1. The lowest BCUT2D eigenvalue weighted by molar-refractivity contribution is -0.120. The van der Waals surface area contributed by atoms with Crippen molar-refractivity contribution in [1.82, 2.24) is 4.90 Å². The Balaban J connectivity index is 1.98. The van der Waals surface area contributed by atoms with Crippen molar-refractivity contribution in [3.05, 3.63) is 46.8 Å². The maximum atomic E-state index is 12.4. The second-order valence-corrected chi connectivity index (χ2v) is 7.25. The van der Waals surface area contributed by atoms with Crippen molar-refractivity contribution >= 4 is 39.9 Å². The quantitative estimate of drug-likeness (QED) is 0.742. The smallest absolute Gasteiger partial charge is 0.251 e. The summed E-state index contributed by atoms with van der Waals surface area (Å²) in [5.74, 6) is -0.704. The summed E-state index contributed by atoms with van der Waals surface area (Å²) in [6, 6.07) is 9.55. The number of hydrogen-bond donors (Lipinski definition) is 2. The van der Waals surface area contributed by atoms with Gasteiger partial charge in [0, 0.05) is 11.4 Å². The molecular formula is C17H21N3O2S2. The highest BCUT2D eigenvalue weighted by atomic mass is 32.2. The number of thioether (sulfide) groups is 1. The summed E-state index contributed by atoms with van der Waals surface area (Å²) >= 11 is 2.99. The standard InChI is InChI=1S/C17H21N3O2S2/c1-11(16(22)19-17-14(15(18)21)8-9-24-17)20(2)10-12-4-6-13(23-3)7-5-12/h4-9,11H,10H2,1-3H3,(H2,18,21)(H,19,22). The first-order valence-corrected chi connectivity index (χ1v) is 9.54. The Bertz CT molecular complexity index is 713. The monoisotopic (exact) mass is 363 g/mol. The molecule has 7 heteroatoms. The first kappa shape index (κ1) is 18.5. The van der Waals surface area contributed by atoms with Crippen LogP contribution in [0.1, 0.15) is 22.8 Å². The average Bonchev–Trinajstić information content (AvgIpc) is 3.03. The van der Waals surface area contributed by atoms with Gasteiger partial charge in [0.05, 0.1) is 11.6 Å². The predicted octanol–water partition coefficient (Wildman–Crippen LogP) is 3.03. The van der Waals surface area contributed by atoms with Crippen LogP contribution in [-0.2, 0) is 11.3 Å². The number of carbonyl (C=O) groups is 2. The fourth-order valence-corrected chi connectivity index (χ4v) is 3.38. The van der Waals surface area contributed by atoms with E-state index in [-0.39, 0.29) is 11.9 Å². The Morgan fingerprint density at radius 1 is 1.29 bits per heavy atom. The van der Waals surface area contributed by atoms with Gasteiger partial charge in [-0.3, -0.25) is 14.5 Å². The normalized spacial score (nSPS) is 12.2. The van der Waals surface area contributed by atoms with Crippen LogP contribution in [0.5, 0.6) is 0 Å². The summed E-state index contributed by atoms with van der Waals surface area (Å²) in [5.41, 5.74) is 6.79. The summed E-state index contributed by atoms with van der Waals surface area (Å²) < 4.78 is 0. The number of primary amides is 1. The Morgan fingerprint density at radius 2 is 1.96 bits per heavy atom. The van der Waals surface area contributed by atoms with Gasteiger partial charge in [0.2, 0.25) is 5.91 Å². The van der Waals surface area contributed by atoms with Gasteiger partial charge in [-0.25, -0.2) is 0 Å². The zero-order valence-electron chi connectivity index (χ0n) is 13.9. The van der Waals surface area contributed by atoms with Crippen molar-refractivity contribution in [2.24, 2.45) is 5.73 Å². The van der Waals surface area contributed by atoms with Crippen LogP contribution in [0.25, 0.3) is 0 Å². The van der Waals surface area contributed by atoms with E-state index in [2.05, 4.69) is 29.6 Å². The van der Waals surface area contributed by atoms with Crippen molar-refractivity contribution in [1.29, 1.82) is 0 Å². The summed E-state index contributed by atoms with van der Waals surface area (Å²) in [6.45, 7) is 2.50. The molecule has 0 aliphatic carbocycles. The molecule has 2 amide bonds. The molecule has 24 heavy (non-hydrogen) atoms. The van der Waals surface area contributed by atoms with Crippen LogP contribution in [0.4, 0.5) is 5.00 Å². The lowest BCUT2D eigenvalue weighted by Gasteiger charge is -2.24. The third kappa shape index (κ3) is 4.59. The molecule has 2 rings (SSSR count). The highest BCUT2D eigenvalue weighted by Crippen LogP contribution is 2.23. The van der Waals surface area contributed by atoms with E-state index in [1.54, 1.807) is 23.2 Å². The largest absolute Gasteiger partial charge is 0.366 e. The minimum Gasteiger partial charge on any atom is -0.366 e. The molecule has 1 aromatic heterocycles. The fraction of sp³-hybridized carbons (Fsp3) is 0.294. The molecule has 1 atom stereocenters. The molecule has 1 aromatic carbocycles. The Morgan fingerprint density at radius 3 is 2.54 bits per heavy atom. The van der Waals surface area contributed by atoms with E-state index in [1.165, 1.54) is 16.2 Å². The molecule has 0 aliphatic heterocycles. The third-order valence-corrected chi connectivity index (χ3v) is 5.37. The molecule has 128 valence electrons. The first-order chi connectivity index (χ1) is 11.4. The Labute approximate surface area is 150 Å². The number of thiophene rings is 1. The minimum atomic E-state index is -0.540. The van der Waals surface area contributed by atoms with Crippen LogP contribution >= 0.6 is 23.1 Å². The molecule has 2 aromatic rings. The van der Waals surface area contributed by atoms with Crippen molar-refractivity contribution in [3.63, 3.8) is 0 Å². The summed E-state index contributed by atoms with van der Waals surface area (Å²) in [7, 11) is 1.90. The molecule has 0 aliphatic rings. The number of nitrogens with one attached hydrogen (secondary N) is 1. The summed E-state index contributed by atoms with van der Waals surface area (Å²) in [4.78, 5) is 26.9. The van der Waals surface area contributed by atoms with Gasteiger partial charge in [-0.05, 0) is 49.4 Å². The van der Waals surface area contributed by atoms with Gasteiger partial charge in [0.25, 0.3) is 5.91 Å². The molecule has 1 unspecified atom stereocenters. The molecule has 0 saturated heterocycles. The van der Waals surface area contributed by atoms with Crippen molar-refractivity contribution in [2.45, 2.75) is 24.4 Å². The van der Waals surface area contributed by atoms with E-state index >= 15 is 0 Å². The number of carbonyl (C=O) groups excluding carboxylic acids is 2. The number of likely N-dealkylation sites (N-methyl/N-ethyl adjacent to an activating group) is 1. The number of nitrogens with zero attached hydrogens (tertiary/aromatic N) is 1. The van der Waals surface area contributed by atoms with Crippen molar-refractivity contribution < 1.29 is 9.59 Å². The van der Waals surface area contributed by atoms with E-state index < -0.39 is 5.91 Å². The molecular weight excluding hydrogens is 342 g/mol. The predicted molar refractivity (Wildman–Crippen MR) is 101 cm³/mol. The van der Waals surface area contributed by atoms with Gasteiger partial charge in [-0.2, -0.15) is 0 Å². The van der Waals surface area contributed by atoms with Crippen molar-refractivity contribution in [2.75, 3.05) is 18.6 Å². The second kappa shape index (κ2) is 8.32. The first-order valence-electron chi connectivity index (χ1n) is 7.43. The fourth-order valence-electron chi connectivity index (χ4n) is 2.17. The zero-order chi connectivity index (χ0) is 17.7. The van der Waals surface area contributed by atoms with E-state index in [0.29, 0.717) is 17.1 Å². The topological polar surface area (TPSA) is 75.4 Å². The average molecular weight is 364 g/mol. The molecule has 0 radical (unpaired) electrons. The van der Waals surface area contributed by atoms with E-state index in [0.717, 1.165) is 5.56 Å². The van der Waals surface area contributed by atoms with E-state index in [1.807, 2.05) is 25.1 Å². The SMILES string of the molecule is CSc1ccc(CN(C)C(C)C(=O)Nc2sccc2C(N)=O)cc1. The van der Waals surface area contributed by atoms with Gasteiger partial charge in [-0.1, -0.05) is 12.1 Å². The van der Waals surface area contributed by atoms with Crippen molar-refractivity contribution in [3.8, 4) is 0 Å². The molecule has 3 N–H and O–H groups in total. The highest BCUT2D eigenvalue weighted by molar-refractivity contribution is 7.98. The molecule has 0 saturated carbocycles. The number of rotatable bonds is 7. The lowest BCUT2D eigenvalue weighted by Crippen LogP contribution is -2.39. The molecule has 0 fully saturated rings. The van der Waals surface area contributed by atoms with Gasteiger partial charge in [-0.15, -0.1) is 23.1 Å². The number of hydrogen-bond acceptors (Lipinski definition) is 5. The van der Waals surface area contributed by atoms with Crippen LogP contribution in [-0.4, -0.2) is 36.1 Å². The summed E-state index contributed by atoms with van der Waals surface area (Å²) in [6.07, 6.45) is 2.04. The van der Waals surface area contributed by atoms with Gasteiger partial charge < -0.3 is 11.1 Å². The minimum absolute atomic E-state index is 0.164. The number of benzene rings is 1. The van der Waals surface area contributed by atoms with Crippen LogP contribution in [0.3, 0.4) is 0 Å². The Kier molecular flexibility index (Phi) is 6.42. The van der Waals surface area contributed by atoms with Gasteiger partial charge >= 0.3 is 0 Å². The molecule has 5 nitrogen and oxygen atoms in total. The van der Waals surface area contributed by atoms with Crippen LogP contribution in [0.2, 0.25) is 0 Å². The zero-order valence-corrected chi connectivity index (χ0v) is 15.5. The van der Waals surface area contributed by atoms with E-state index in [9.17, 15) is 9.59 Å².